The molecule has 0 aliphatic carbocycles. The van der Waals surface area contributed by atoms with Gasteiger partial charge >= 0.3 is 39.5 Å². The fourth-order valence-electron chi connectivity index (χ4n) is 8.99. The Kier molecular flexibility index (Phi) is 62.3. The molecule has 0 radical (unpaired) electrons. The molecule has 0 fully saturated rings. The van der Waals surface area contributed by atoms with Gasteiger partial charge in [0.25, 0.3) is 0 Å². The van der Waals surface area contributed by atoms with E-state index in [0.29, 0.717) is 25.7 Å². The number of rotatable bonds is 65. The van der Waals surface area contributed by atoms with E-state index < -0.39 is 97.5 Å². The van der Waals surface area contributed by atoms with Crippen molar-refractivity contribution in [2.24, 2.45) is 0 Å². The highest BCUT2D eigenvalue weighted by molar-refractivity contribution is 7.47. The molecule has 92 heavy (non-hydrogen) atoms. The summed E-state index contributed by atoms with van der Waals surface area (Å²) in [4.78, 5) is 72.4. The summed E-state index contributed by atoms with van der Waals surface area (Å²) in [5, 5.41) is 10.6. The number of carbonyl (C=O) groups is 4. The topological polar surface area (TPSA) is 237 Å². The SMILES string of the molecule is CC/C=C\C/C=C\C/C=C\C/C=C\C/C=C\CC(=O)OCC(COP(=O)(O)OCC(O)COP(=O)(O)OCC(COC(=O)CCCC/C=C\C/C=C\C/C=C\C/C=C\CC)OC(=O)CCCCCCCCCCCCC)OC(=O)CCCCCCCCCCCCC. The molecule has 0 aromatic heterocycles. The average Bonchev–Trinajstić information content (AvgIpc) is 2.55. The Morgan fingerprint density at radius 1 is 0.326 bits per heavy atom. The predicted octanol–water partition coefficient (Wildman–Crippen LogP) is 19.4. The van der Waals surface area contributed by atoms with Gasteiger partial charge in [0.2, 0.25) is 0 Å². The van der Waals surface area contributed by atoms with Gasteiger partial charge in [-0.2, -0.15) is 0 Å². The second-order valence-corrected chi connectivity index (χ2v) is 26.0. The van der Waals surface area contributed by atoms with Crippen LogP contribution in [-0.2, 0) is 65.4 Å². The number of aliphatic hydroxyl groups is 1. The van der Waals surface area contributed by atoms with E-state index in [1.807, 2.05) is 18.2 Å². The van der Waals surface area contributed by atoms with E-state index in [9.17, 15) is 43.2 Å². The number of aliphatic hydroxyl groups excluding tert-OH is 1. The Labute approximate surface area is 556 Å². The second-order valence-electron chi connectivity index (χ2n) is 23.1. The minimum absolute atomic E-state index is 0.0703. The molecule has 0 amide bonds. The third kappa shape index (κ3) is 64.4. The number of ether oxygens (including phenoxy) is 4. The molecule has 3 N–H and O–H groups in total. The van der Waals surface area contributed by atoms with Crippen LogP contribution in [0.25, 0.3) is 0 Å². The quantitative estimate of drug-likeness (QED) is 0.0169. The fourth-order valence-corrected chi connectivity index (χ4v) is 10.6. The van der Waals surface area contributed by atoms with Gasteiger partial charge in [0.1, 0.15) is 19.3 Å². The van der Waals surface area contributed by atoms with Crippen molar-refractivity contribution >= 4 is 39.5 Å². The van der Waals surface area contributed by atoms with Gasteiger partial charge in [-0.05, 0) is 89.9 Å². The van der Waals surface area contributed by atoms with Gasteiger partial charge < -0.3 is 33.8 Å². The van der Waals surface area contributed by atoms with Crippen LogP contribution in [0.5, 0.6) is 0 Å². The van der Waals surface area contributed by atoms with Crippen LogP contribution in [0.15, 0.2) is 109 Å². The molecular weight excluding hydrogens is 1210 g/mol. The summed E-state index contributed by atoms with van der Waals surface area (Å²) in [6.07, 6.45) is 67.2. The number of hydrogen-bond donors (Lipinski definition) is 3. The normalized spacial score (nSPS) is 14.7. The molecule has 0 bridgehead atoms. The van der Waals surface area contributed by atoms with Crippen LogP contribution in [0.1, 0.15) is 272 Å². The monoisotopic (exact) mass is 1330 g/mol. The summed E-state index contributed by atoms with van der Waals surface area (Å²) >= 11 is 0. The zero-order valence-corrected chi connectivity index (χ0v) is 59.0. The van der Waals surface area contributed by atoms with Gasteiger partial charge in [-0.3, -0.25) is 37.3 Å². The van der Waals surface area contributed by atoms with Gasteiger partial charge in [-0.15, -0.1) is 0 Å². The lowest BCUT2D eigenvalue weighted by Gasteiger charge is -2.21. The highest BCUT2D eigenvalue weighted by Gasteiger charge is 2.30. The Hall–Kier alpha value is -4.28. The molecule has 17 nitrogen and oxygen atoms in total. The van der Waals surface area contributed by atoms with E-state index in [1.54, 1.807) is 6.08 Å². The van der Waals surface area contributed by atoms with Crippen LogP contribution in [0.4, 0.5) is 0 Å². The van der Waals surface area contributed by atoms with Gasteiger partial charge in [0, 0.05) is 19.3 Å². The third-order valence-corrected chi connectivity index (χ3v) is 16.2. The van der Waals surface area contributed by atoms with Crippen molar-refractivity contribution in [2.75, 3.05) is 39.6 Å². The molecule has 0 aliphatic heterocycles. The van der Waals surface area contributed by atoms with Crippen LogP contribution >= 0.6 is 15.6 Å². The number of phosphoric ester groups is 2. The van der Waals surface area contributed by atoms with Crippen LogP contribution in [0.3, 0.4) is 0 Å². The number of esters is 4. The molecule has 528 valence electrons. The van der Waals surface area contributed by atoms with Crippen molar-refractivity contribution in [1.82, 2.24) is 0 Å². The summed E-state index contributed by atoms with van der Waals surface area (Å²) in [7, 11) is -9.96. The predicted molar refractivity (Wildman–Crippen MR) is 372 cm³/mol. The van der Waals surface area contributed by atoms with Gasteiger partial charge in [0.05, 0.1) is 32.8 Å². The van der Waals surface area contributed by atoms with Crippen molar-refractivity contribution in [2.45, 2.75) is 290 Å². The molecule has 5 atom stereocenters. The summed E-state index contributed by atoms with van der Waals surface area (Å²) in [5.41, 5.74) is 0. The van der Waals surface area contributed by atoms with E-state index >= 15 is 0 Å². The van der Waals surface area contributed by atoms with Crippen LogP contribution in [0.2, 0.25) is 0 Å². The first kappa shape index (κ1) is 87.7. The van der Waals surface area contributed by atoms with Crippen LogP contribution in [0, 0.1) is 0 Å². The van der Waals surface area contributed by atoms with E-state index in [4.69, 9.17) is 37.0 Å². The molecule has 0 heterocycles. The lowest BCUT2D eigenvalue weighted by Crippen LogP contribution is -2.30. The summed E-state index contributed by atoms with van der Waals surface area (Å²) in [6.45, 7) is 4.45. The summed E-state index contributed by atoms with van der Waals surface area (Å²) in [6, 6.07) is 0. The maximum atomic E-state index is 13.0. The van der Waals surface area contributed by atoms with Crippen molar-refractivity contribution < 1.29 is 80.2 Å². The second kappa shape index (κ2) is 65.4. The first-order valence-electron chi connectivity index (χ1n) is 35.1. The first-order chi connectivity index (χ1) is 44.7. The average molecular weight is 1340 g/mol. The van der Waals surface area contributed by atoms with Gasteiger partial charge in [0.15, 0.2) is 12.2 Å². The van der Waals surface area contributed by atoms with E-state index in [2.05, 4.69) is 113 Å². The maximum absolute atomic E-state index is 13.0. The Balaban J connectivity index is 5.40. The standard InChI is InChI=1S/C73H124O17P2/c1-5-9-13-17-21-25-29-31-33-35-39-41-45-49-53-57-70(75)83-63-68(89-72(77)59-55-51-47-43-37-27-23-19-15-11-7-3)65-87-91(79,80)85-61-67(74)62-86-92(81,82)88-66-69(90-73(78)60-56-52-48-44-38-28-24-20-16-12-8-4)64-84-71(76)58-54-50-46-42-40-36-34-32-30-26-22-18-14-10-6-2/h9-10,13-14,21-22,25-26,31-34,39-42,49,53,67-69,74H,5-8,11-12,15-20,23-24,27-30,35-38,43-48,50-52,54-66H2,1-4H3,(H,79,80)(H,81,82)/b13-9-,14-10-,25-21-,26-22-,33-31-,34-32-,41-39-,42-40-,53-49-. The minimum Gasteiger partial charge on any atom is -0.462 e. The smallest absolute Gasteiger partial charge is 0.462 e. The molecule has 0 aromatic carbocycles. The van der Waals surface area contributed by atoms with Gasteiger partial charge in [-0.1, -0.05) is 265 Å². The molecule has 0 rings (SSSR count). The van der Waals surface area contributed by atoms with E-state index in [1.165, 1.54) is 77.0 Å². The fraction of sp³-hybridized carbons (Fsp3) is 0.699. The van der Waals surface area contributed by atoms with Crippen molar-refractivity contribution in [1.29, 1.82) is 0 Å². The maximum Gasteiger partial charge on any atom is 0.472 e. The third-order valence-electron chi connectivity index (χ3n) is 14.3. The highest BCUT2D eigenvalue weighted by Crippen LogP contribution is 2.45. The number of hydrogen-bond acceptors (Lipinski definition) is 15. The van der Waals surface area contributed by atoms with Gasteiger partial charge in [-0.25, -0.2) is 9.13 Å². The van der Waals surface area contributed by atoms with Crippen molar-refractivity contribution in [3.63, 3.8) is 0 Å². The number of unbranched alkanes of at least 4 members (excludes halogenated alkanes) is 22. The highest BCUT2D eigenvalue weighted by atomic mass is 31.2. The molecule has 0 spiro atoms. The molecule has 0 aliphatic rings. The zero-order chi connectivity index (χ0) is 67.5. The molecule has 19 heteroatoms. The largest absolute Gasteiger partial charge is 0.472 e. The van der Waals surface area contributed by atoms with Crippen molar-refractivity contribution in [3.05, 3.63) is 109 Å². The van der Waals surface area contributed by atoms with Crippen molar-refractivity contribution in [3.8, 4) is 0 Å². The Morgan fingerprint density at radius 3 is 0.967 bits per heavy atom. The molecule has 0 saturated heterocycles. The minimum atomic E-state index is -4.99. The number of carbonyl (C=O) groups excluding carboxylic acids is 4. The van der Waals surface area contributed by atoms with E-state index in [0.717, 1.165) is 116 Å². The number of allylic oxidation sites excluding steroid dienone is 17. The number of phosphoric acid groups is 2. The summed E-state index contributed by atoms with van der Waals surface area (Å²) in [5.74, 6) is -2.37. The Morgan fingerprint density at radius 2 is 0.609 bits per heavy atom. The molecule has 0 saturated carbocycles. The molecule has 5 unspecified atom stereocenters. The van der Waals surface area contributed by atoms with Crippen LogP contribution < -0.4 is 0 Å². The molecular formula is C73H124O17P2. The summed E-state index contributed by atoms with van der Waals surface area (Å²) < 4.78 is 68.0. The van der Waals surface area contributed by atoms with Crippen LogP contribution in [-0.4, -0.2) is 96.7 Å². The van der Waals surface area contributed by atoms with E-state index in [-0.39, 0.29) is 25.7 Å². The molecule has 0 aromatic rings. The zero-order valence-electron chi connectivity index (χ0n) is 57.2. The Bertz CT molecular complexity index is 2180. The lowest BCUT2D eigenvalue weighted by atomic mass is 10.1. The first-order valence-corrected chi connectivity index (χ1v) is 38.1. The lowest BCUT2D eigenvalue weighted by molar-refractivity contribution is -0.161.